The second-order valence-corrected chi connectivity index (χ2v) is 5.96. The zero-order valence-corrected chi connectivity index (χ0v) is 14.9. The van der Waals surface area contributed by atoms with E-state index in [-0.39, 0.29) is 18.3 Å². The minimum atomic E-state index is -0.600. The standard InChI is InChI=1S/C17H23FN4O3/c1-21(2)16(12-6-5-7-13(18)10-12)17(23)22(3)11-15-19-14(20-25-15)8-9-24-4/h5-7,10,16H,8-9,11H2,1-4H3/t16-/m1/s1. The van der Waals surface area contributed by atoms with Gasteiger partial charge in [0.2, 0.25) is 11.8 Å². The van der Waals surface area contributed by atoms with Crippen LogP contribution in [-0.2, 0) is 22.5 Å². The Balaban J connectivity index is 2.09. The van der Waals surface area contributed by atoms with Crippen molar-refractivity contribution in [3.05, 3.63) is 47.4 Å². The van der Waals surface area contributed by atoms with Crippen molar-refractivity contribution < 1.29 is 18.4 Å². The first-order valence-corrected chi connectivity index (χ1v) is 7.89. The van der Waals surface area contributed by atoms with Gasteiger partial charge < -0.3 is 14.2 Å². The van der Waals surface area contributed by atoms with E-state index in [2.05, 4.69) is 10.1 Å². The predicted octanol–water partition coefficient (Wildman–Crippen LogP) is 1.66. The summed E-state index contributed by atoms with van der Waals surface area (Å²) < 4.78 is 23.7. The summed E-state index contributed by atoms with van der Waals surface area (Å²) in [5.41, 5.74) is 0.591. The fraction of sp³-hybridized carbons (Fsp3) is 0.471. The number of carbonyl (C=O) groups excluding carboxylic acids is 1. The number of carbonyl (C=O) groups is 1. The predicted molar refractivity (Wildman–Crippen MR) is 89.2 cm³/mol. The SMILES string of the molecule is COCCc1noc(CN(C)C(=O)[C@@H](c2cccc(F)c2)N(C)C)n1. The highest BCUT2D eigenvalue weighted by molar-refractivity contribution is 5.83. The number of methoxy groups -OCH3 is 1. The molecule has 25 heavy (non-hydrogen) atoms. The van der Waals surface area contributed by atoms with Gasteiger partial charge in [0.05, 0.1) is 13.2 Å². The summed E-state index contributed by atoms with van der Waals surface area (Å²) in [5, 5.41) is 3.85. The Kier molecular flexibility index (Phi) is 6.60. The average Bonchev–Trinajstić information content (AvgIpc) is 3.00. The zero-order chi connectivity index (χ0) is 18.4. The molecule has 8 heteroatoms. The summed E-state index contributed by atoms with van der Waals surface area (Å²) in [5.74, 6) is 0.317. The Morgan fingerprint density at radius 1 is 1.36 bits per heavy atom. The van der Waals surface area contributed by atoms with Gasteiger partial charge in [0.25, 0.3) is 0 Å². The van der Waals surface area contributed by atoms with Crippen molar-refractivity contribution >= 4 is 5.91 Å². The molecular weight excluding hydrogens is 327 g/mol. The van der Waals surface area contributed by atoms with Crippen molar-refractivity contribution in [2.75, 3.05) is 34.9 Å². The highest BCUT2D eigenvalue weighted by atomic mass is 19.1. The van der Waals surface area contributed by atoms with Gasteiger partial charge in [0.15, 0.2) is 5.82 Å². The molecule has 0 saturated carbocycles. The largest absolute Gasteiger partial charge is 0.384 e. The van der Waals surface area contributed by atoms with Gasteiger partial charge in [-0.2, -0.15) is 4.98 Å². The molecule has 0 radical (unpaired) electrons. The molecule has 0 N–H and O–H groups in total. The Labute approximate surface area is 146 Å². The number of halogens is 1. The van der Waals surface area contributed by atoms with Gasteiger partial charge in [-0.3, -0.25) is 9.69 Å². The second kappa shape index (κ2) is 8.68. The van der Waals surface area contributed by atoms with E-state index in [1.807, 2.05) is 0 Å². The minimum Gasteiger partial charge on any atom is -0.384 e. The average molecular weight is 350 g/mol. The summed E-state index contributed by atoms with van der Waals surface area (Å²) >= 11 is 0. The minimum absolute atomic E-state index is 0.179. The van der Waals surface area contributed by atoms with E-state index in [1.54, 1.807) is 45.3 Å². The summed E-state index contributed by atoms with van der Waals surface area (Å²) in [6.07, 6.45) is 0.543. The van der Waals surface area contributed by atoms with Gasteiger partial charge in [0.1, 0.15) is 11.9 Å². The number of amides is 1. The molecule has 1 atom stereocenters. The molecule has 0 bridgehead atoms. The quantitative estimate of drug-likeness (QED) is 0.721. The molecule has 0 fully saturated rings. The molecule has 0 aliphatic carbocycles. The number of nitrogens with zero attached hydrogens (tertiary/aromatic N) is 4. The smallest absolute Gasteiger partial charge is 0.246 e. The van der Waals surface area contributed by atoms with Crippen molar-refractivity contribution in [2.45, 2.75) is 19.0 Å². The lowest BCUT2D eigenvalue weighted by atomic mass is 10.0. The van der Waals surface area contributed by atoms with Crippen molar-refractivity contribution in [3.8, 4) is 0 Å². The molecule has 0 spiro atoms. The third-order valence-electron chi connectivity index (χ3n) is 3.70. The number of hydrogen-bond donors (Lipinski definition) is 0. The molecule has 2 aromatic rings. The maximum absolute atomic E-state index is 13.5. The maximum Gasteiger partial charge on any atom is 0.246 e. The highest BCUT2D eigenvalue weighted by Gasteiger charge is 2.27. The molecular formula is C17H23FN4O3. The van der Waals surface area contributed by atoms with Crippen LogP contribution in [0.4, 0.5) is 4.39 Å². The van der Waals surface area contributed by atoms with Gasteiger partial charge in [-0.25, -0.2) is 4.39 Å². The number of benzene rings is 1. The van der Waals surface area contributed by atoms with Crippen LogP contribution in [0.5, 0.6) is 0 Å². The van der Waals surface area contributed by atoms with Crippen molar-refractivity contribution in [1.29, 1.82) is 0 Å². The molecule has 0 aliphatic heterocycles. The van der Waals surface area contributed by atoms with Crippen LogP contribution in [0.15, 0.2) is 28.8 Å². The van der Waals surface area contributed by atoms with Crippen LogP contribution in [0.3, 0.4) is 0 Å². The second-order valence-electron chi connectivity index (χ2n) is 5.96. The Morgan fingerprint density at radius 2 is 2.12 bits per heavy atom. The molecule has 0 unspecified atom stereocenters. The number of likely N-dealkylation sites (N-methyl/N-ethyl adjacent to an activating group) is 2. The van der Waals surface area contributed by atoms with E-state index >= 15 is 0 Å². The lowest BCUT2D eigenvalue weighted by Gasteiger charge is -2.28. The normalized spacial score (nSPS) is 12.4. The molecule has 1 amide bonds. The van der Waals surface area contributed by atoms with Gasteiger partial charge in [-0.1, -0.05) is 17.3 Å². The Hall–Kier alpha value is -2.32. The van der Waals surface area contributed by atoms with E-state index < -0.39 is 6.04 Å². The first kappa shape index (κ1) is 19.0. The number of rotatable bonds is 8. The van der Waals surface area contributed by atoms with Crippen molar-refractivity contribution in [3.63, 3.8) is 0 Å². The number of hydrogen-bond acceptors (Lipinski definition) is 6. The topological polar surface area (TPSA) is 71.7 Å². The van der Waals surface area contributed by atoms with Gasteiger partial charge in [0, 0.05) is 20.6 Å². The van der Waals surface area contributed by atoms with Gasteiger partial charge in [-0.05, 0) is 31.8 Å². The highest BCUT2D eigenvalue weighted by Crippen LogP contribution is 2.22. The summed E-state index contributed by atoms with van der Waals surface area (Å²) in [7, 11) is 6.80. The van der Waals surface area contributed by atoms with Crippen LogP contribution in [0.2, 0.25) is 0 Å². The molecule has 1 aromatic carbocycles. The van der Waals surface area contributed by atoms with Crippen molar-refractivity contribution in [2.24, 2.45) is 0 Å². The fourth-order valence-corrected chi connectivity index (χ4v) is 2.48. The van der Waals surface area contributed by atoms with E-state index in [1.165, 1.54) is 17.0 Å². The van der Waals surface area contributed by atoms with Gasteiger partial charge >= 0.3 is 0 Å². The summed E-state index contributed by atoms with van der Waals surface area (Å²) in [6.45, 7) is 0.675. The van der Waals surface area contributed by atoms with Crippen LogP contribution >= 0.6 is 0 Å². The van der Waals surface area contributed by atoms with Crippen LogP contribution < -0.4 is 0 Å². The van der Waals surface area contributed by atoms with E-state index in [0.29, 0.717) is 30.3 Å². The number of aromatic nitrogens is 2. The molecule has 7 nitrogen and oxygen atoms in total. The lowest BCUT2D eigenvalue weighted by molar-refractivity contribution is -0.135. The van der Waals surface area contributed by atoms with Crippen LogP contribution in [-0.4, -0.2) is 60.7 Å². The maximum atomic E-state index is 13.5. The number of ether oxygens (including phenoxy) is 1. The third-order valence-corrected chi connectivity index (χ3v) is 3.70. The first-order valence-electron chi connectivity index (χ1n) is 7.89. The van der Waals surface area contributed by atoms with Crippen LogP contribution in [0, 0.1) is 5.82 Å². The molecule has 2 rings (SSSR count). The lowest BCUT2D eigenvalue weighted by Crippen LogP contribution is -2.38. The monoisotopic (exact) mass is 350 g/mol. The van der Waals surface area contributed by atoms with E-state index in [4.69, 9.17) is 9.26 Å². The molecule has 1 heterocycles. The van der Waals surface area contributed by atoms with Crippen LogP contribution in [0.25, 0.3) is 0 Å². The van der Waals surface area contributed by atoms with Crippen molar-refractivity contribution in [1.82, 2.24) is 19.9 Å². The van der Waals surface area contributed by atoms with E-state index in [0.717, 1.165) is 0 Å². The first-order chi connectivity index (χ1) is 11.9. The Bertz CT molecular complexity index is 705. The Morgan fingerprint density at radius 3 is 2.76 bits per heavy atom. The summed E-state index contributed by atoms with van der Waals surface area (Å²) in [4.78, 5) is 20.3. The van der Waals surface area contributed by atoms with Gasteiger partial charge in [-0.15, -0.1) is 0 Å². The fourth-order valence-electron chi connectivity index (χ4n) is 2.48. The van der Waals surface area contributed by atoms with Crippen LogP contribution in [0.1, 0.15) is 23.3 Å². The summed E-state index contributed by atoms with van der Waals surface area (Å²) in [6, 6.07) is 5.44. The molecule has 1 aromatic heterocycles. The third kappa shape index (κ3) is 5.07. The molecule has 0 aliphatic rings. The van der Waals surface area contributed by atoms with E-state index in [9.17, 15) is 9.18 Å². The molecule has 0 saturated heterocycles. The molecule has 136 valence electrons. The zero-order valence-electron chi connectivity index (χ0n) is 14.9.